The third-order valence-corrected chi connectivity index (χ3v) is 6.55. The number of anilines is 1. The molecule has 0 aliphatic carbocycles. The molecule has 4 N–H and O–H groups in total. The topological polar surface area (TPSA) is 137 Å². The number of carboxylic acids is 1. The first-order valence-corrected chi connectivity index (χ1v) is 12.2. The van der Waals surface area contributed by atoms with Gasteiger partial charge in [-0.3, -0.25) is 19.8 Å². The maximum absolute atomic E-state index is 13.2. The van der Waals surface area contributed by atoms with Crippen molar-refractivity contribution >= 4 is 29.3 Å². The van der Waals surface area contributed by atoms with E-state index in [2.05, 4.69) is 0 Å². The van der Waals surface area contributed by atoms with Crippen molar-refractivity contribution < 1.29 is 24.2 Å². The van der Waals surface area contributed by atoms with Crippen LogP contribution in [0.4, 0.5) is 5.69 Å². The first-order chi connectivity index (χ1) is 18.1. The molecule has 3 aromatic carbocycles. The molecule has 1 heterocycles. The lowest BCUT2D eigenvalue weighted by molar-refractivity contribution is -0.140. The molecule has 0 bridgehead atoms. The van der Waals surface area contributed by atoms with Gasteiger partial charge in [-0.25, -0.2) is 0 Å². The molecule has 0 saturated carbocycles. The maximum atomic E-state index is 13.2. The van der Waals surface area contributed by atoms with E-state index in [1.807, 2.05) is 36.4 Å². The number of amides is 2. The summed E-state index contributed by atoms with van der Waals surface area (Å²) in [5.74, 6) is -1.45. The van der Waals surface area contributed by atoms with Gasteiger partial charge >= 0.3 is 5.97 Å². The van der Waals surface area contributed by atoms with Crippen molar-refractivity contribution in [2.75, 3.05) is 25.6 Å². The molecule has 2 atom stereocenters. The van der Waals surface area contributed by atoms with Crippen LogP contribution in [0.1, 0.15) is 28.8 Å². The molecule has 2 amide bonds. The Morgan fingerprint density at radius 3 is 2.05 bits per heavy atom. The highest BCUT2D eigenvalue weighted by atomic mass is 16.5. The Labute approximate surface area is 220 Å². The van der Waals surface area contributed by atoms with E-state index in [0.29, 0.717) is 29.0 Å². The Kier molecular flexibility index (Phi) is 7.76. The number of carbonyl (C=O) groups is 3. The Bertz CT molecular complexity index is 1330. The number of nitrogen functional groups attached to an aromatic ring is 1. The van der Waals surface area contributed by atoms with Crippen LogP contribution in [0.3, 0.4) is 0 Å². The van der Waals surface area contributed by atoms with Crippen molar-refractivity contribution in [1.29, 1.82) is 5.41 Å². The van der Waals surface area contributed by atoms with Crippen LogP contribution in [0.25, 0.3) is 11.1 Å². The summed E-state index contributed by atoms with van der Waals surface area (Å²) in [6.45, 7) is 0.187. The number of carboxylic acid groups (broad SMARTS) is 1. The Balaban J connectivity index is 1.48. The average molecular weight is 515 g/mol. The smallest absolute Gasteiger partial charge is 0.304 e. The number of benzene rings is 3. The quantitative estimate of drug-likeness (QED) is 0.295. The fourth-order valence-corrected chi connectivity index (χ4v) is 4.57. The molecule has 9 heteroatoms. The molecule has 38 heavy (non-hydrogen) atoms. The minimum absolute atomic E-state index is 0.0170. The van der Waals surface area contributed by atoms with Crippen molar-refractivity contribution in [2.45, 2.75) is 18.9 Å². The van der Waals surface area contributed by atoms with Crippen molar-refractivity contribution in [1.82, 2.24) is 4.90 Å². The zero-order chi connectivity index (χ0) is 27.4. The molecule has 0 aromatic heterocycles. The Morgan fingerprint density at radius 1 is 0.974 bits per heavy atom. The first-order valence-electron chi connectivity index (χ1n) is 12.2. The number of hydrogen-bond donors (Lipinski definition) is 3. The molecule has 0 spiro atoms. The van der Waals surface area contributed by atoms with E-state index in [0.717, 1.165) is 11.1 Å². The fraction of sp³-hybridized carbons (Fsp3) is 0.241. The molecule has 1 aliphatic rings. The van der Waals surface area contributed by atoms with E-state index >= 15 is 0 Å². The van der Waals surface area contributed by atoms with Crippen molar-refractivity contribution in [3.05, 3.63) is 83.9 Å². The first kappa shape index (κ1) is 26.4. The number of hydrogen-bond acceptors (Lipinski definition) is 5. The summed E-state index contributed by atoms with van der Waals surface area (Å²) in [6, 6.07) is 21.3. The van der Waals surface area contributed by atoms with Crippen molar-refractivity contribution in [2.24, 2.45) is 11.7 Å². The molecular weight excluding hydrogens is 484 g/mol. The van der Waals surface area contributed by atoms with Crippen LogP contribution in [0.5, 0.6) is 5.75 Å². The normalized spacial score (nSPS) is 16.8. The maximum Gasteiger partial charge on any atom is 0.304 e. The molecule has 0 radical (unpaired) electrons. The standard InChI is InChI=1S/C29H30N4O5/c1-32(2)28(36)21-7-11-23(12-8-21)33-24(15-22(29(33)37)16-26(34)35)17-38-25-13-9-19(10-14-25)18-3-5-20(6-4-18)27(30)31/h3-14,22,24H,15-17H2,1-2H3,(H3,30,31)(H,34,35)/t22-,24-/m0/s1. The lowest BCUT2D eigenvalue weighted by Gasteiger charge is -2.25. The van der Waals surface area contributed by atoms with Gasteiger partial charge in [-0.15, -0.1) is 0 Å². The lowest BCUT2D eigenvalue weighted by atomic mass is 10.0. The number of aliphatic carboxylic acids is 1. The number of nitrogens with zero attached hydrogens (tertiary/aromatic N) is 2. The minimum atomic E-state index is -1.02. The summed E-state index contributed by atoms with van der Waals surface area (Å²) < 4.78 is 6.03. The number of amidine groups is 1. The van der Waals surface area contributed by atoms with Gasteiger partial charge in [0.1, 0.15) is 18.2 Å². The van der Waals surface area contributed by atoms with Crippen LogP contribution in [-0.4, -0.2) is 60.4 Å². The van der Waals surface area contributed by atoms with Crippen LogP contribution >= 0.6 is 0 Å². The second-order valence-corrected chi connectivity index (χ2v) is 9.47. The predicted octanol–water partition coefficient (Wildman–Crippen LogP) is 3.61. The highest BCUT2D eigenvalue weighted by molar-refractivity contribution is 6.00. The van der Waals surface area contributed by atoms with E-state index in [1.54, 1.807) is 55.4 Å². The second kappa shape index (κ2) is 11.2. The molecule has 0 unspecified atom stereocenters. The largest absolute Gasteiger partial charge is 0.491 e. The van der Waals surface area contributed by atoms with E-state index in [1.165, 1.54) is 4.90 Å². The highest BCUT2D eigenvalue weighted by Crippen LogP contribution is 2.33. The van der Waals surface area contributed by atoms with Crippen LogP contribution in [-0.2, 0) is 9.59 Å². The Morgan fingerprint density at radius 2 is 1.53 bits per heavy atom. The molecule has 3 aromatic rings. The molecule has 1 saturated heterocycles. The van der Waals surface area contributed by atoms with Gasteiger partial charge < -0.3 is 25.4 Å². The number of carbonyl (C=O) groups excluding carboxylic acids is 2. The van der Waals surface area contributed by atoms with Gasteiger partial charge in [0, 0.05) is 30.9 Å². The molecule has 9 nitrogen and oxygen atoms in total. The average Bonchev–Trinajstić information content (AvgIpc) is 3.21. The number of ether oxygens (including phenoxy) is 1. The fourth-order valence-electron chi connectivity index (χ4n) is 4.57. The number of nitrogens with two attached hydrogens (primary N) is 1. The monoisotopic (exact) mass is 514 g/mol. The summed E-state index contributed by atoms with van der Waals surface area (Å²) >= 11 is 0. The Hall–Kier alpha value is -4.66. The third kappa shape index (κ3) is 5.83. The summed E-state index contributed by atoms with van der Waals surface area (Å²) in [7, 11) is 3.33. The van der Waals surface area contributed by atoms with Gasteiger partial charge in [0.2, 0.25) is 5.91 Å². The van der Waals surface area contributed by atoms with Gasteiger partial charge in [-0.2, -0.15) is 0 Å². The SMILES string of the molecule is CN(C)C(=O)c1ccc(N2C(=O)[C@H](CC(=O)O)C[C@H]2COc2ccc(-c3ccc(C(=N)N)cc3)cc2)cc1. The molecule has 4 rings (SSSR count). The van der Waals surface area contributed by atoms with E-state index < -0.39 is 11.9 Å². The number of rotatable bonds is 9. The van der Waals surface area contributed by atoms with Crippen molar-refractivity contribution in [3.8, 4) is 16.9 Å². The van der Waals surface area contributed by atoms with E-state index in [4.69, 9.17) is 15.9 Å². The zero-order valence-corrected chi connectivity index (χ0v) is 21.3. The zero-order valence-electron chi connectivity index (χ0n) is 21.3. The molecule has 1 aliphatic heterocycles. The van der Waals surface area contributed by atoms with Crippen LogP contribution < -0.4 is 15.4 Å². The molecule has 1 fully saturated rings. The minimum Gasteiger partial charge on any atom is -0.491 e. The van der Waals surface area contributed by atoms with Crippen LogP contribution in [0.15, 0.2) is 72.8 Å². The van der Waals surface area contributed by atoms with E-state index in [9.17, 15) is 19.5 Å². The third-order valence-electron chi connectivity index (χ3n) is 6.55. The number of nitrogens with one attached hydrogen (secondary N) is 1. The second-order valence-electron chi connectivity index (χ2n) is 9.47. The molecular formula is C29H30N4O5. The van der Waals surface area contributed by atoms with Gasteiger partial charge in [-0.05, 0) is 53.9 Å². The molecule has 196 valence electrons. The van der Waals surface area contributed by atoms with Gasteiger partial charge in [0.15, 0.2) is 0 Å². The van der Waals surface area contributed by atoms with Crippen LogP contribution in [0, 0.1) is 11.3 Å². The highest BCUT2D eigenvalue weighted by Gasteiger charge is 2.41. The van der Waals surface area contributed by atoms with E-state index in [-0.39, 0.29) is 36.7 Å². The van der Waals surface area contributed by atoms with Crippen molar-refractivity contribution in [3.63, 3.8) is 0 Å². The summed E-state index contributed by atoms with van der Waals surface area (Å²) in [5, 5.41) is 16.8. The van der Waals surface area contributed by atoms with Crippen LogP contribution in [0.2, 0.25) is 0 Å². The summed E-state index contributed by atoms with van der Waals surface area (Å²) in [4.78, 5) is 39.8. The van der Waals surface area contributed by atoms with Gasteiger partial charge in [-0.1, -0.05) is 36.4 Å². The van der Waals surface area contributed by atoms with Gasteiger partial charge in [0.25, 0.3) is 5.91 Å². The summed E-state index contributed by atoms with van der Waals surface area (Å²) in [6.07, 6.45) is 0.101. The predicted molar refractivity (Wildman–Crippen MR) is 144 cm³/mol. The van der Waals surface area contributed by atoms with Gasteiger partial charge in [0.05, 0.1) is 18.4 Å². The lowest BCUT2D eigenvalue weighted by Crippen LogP contribution is -2.37. The summed E-state index contributed by atoms with van der Waals surface area (Å²) in [5.41, 5.74) is 9.21.